The minimum Gasteiger partial charge on any atom is -0.378 e. The van der Waals surface area contributed by atoms with Crippen molar-refractivity contribution in [2.24, 2.45) is 0 Å². The number of rotatable bonds is 4. The Hall–Kier alpha value is -0.390. The first-order valence-corrected chi connectivity index (χ1v) is 7.60. The van der Waals surface area contributed by atoms with Gasteiger partial charge in [0.25, 0.3) is 0 Å². The summed E-state index contributed by atoms with van der Waals surface area (Å²) in [6, 6.07) is 5.69. The van der Waals surface area contributed by atoms with Crippen LogP contribution in [0.4, 0.5) is 5.69 Å². The second-order valence-electron chi connectivity index (χ2n) is 4.35. The van der Waals surface area contributed by atoms with Gasteiger partial charge in [0.05, 0.1) is 11.8 Å². The zero-order valence-corrected chi connectivity index (χ0v) is 13.1. The van der Waals surface area contributed by atoms with Gasteiger partial charge < -0.3 is 10.1 Å². The van der Waals surface area contributed by atoms with E-state index in [1.54, 1.807) is 0 Å². The molecule has 0 saturated carbocycles. The van der Waals surface area contributed by atoms with E-state index in [1.165, 1.54) is 0 Å². The topological polar surface area (TPSA) is 38.3 Å². The first kappa shape index (κ1) is 14.0. The molecule has 5 heteroatoms. The van der Waals surface area contributed by atoms with Crippen molar-refractivity contribution in [1.29, 1.82) is 0 Å². The molecule has 1 aliphatic heterocycles. The Morgan fingerprint density at radius 3 is 2.94 bits per heavy atom. The van der Waals surface area contributed by atoms with Gasteiger partial charge in [-0.3, -0.25) is 4.79 Å². The summed E-state index contributed by atoms with van der Waals surface area (Å²) >= 11 is 6.80. The number of benzene rings is 1. The lowest BCUT2D eigenvalue weighted by molar-refractivity contribution is -0.116. The van der Waals surface area contributed by atoms with E-state index in [1.807, 2.05) is 18.2 Å². The third kappa shape index (κ3) is 4.07. The van der Waals surface area contributed by atoms with Crippen LogP contribution in [-0.2, 0) is 9.53 Å². The molecule has 98 valence electrons. The monoisotopic (exact) mass is 375 g/mol. The smallest absolute Gasteiger partial charge is 0.224 e. The van der Waals surface area contributed by atoms with E-state index >= 15 is 0 Å². The molecule has 18 heavy (non-hydrogen) atoms. The standard InChI is InChI=1S/C13H15Br2NO2/c14-9-3-5-12(11(15)8-9)16-13(17)6-4-10-2-1-7-18-10/h3,5,8,10H,1-2,4,6-7H2,(H,16,17)/t10-/m1/s1. The highest BCUT2D eigenvalue weighted by Crippen LogP contribution is 2.26. The number of carbonyl (C=O) groups is 1. The lowest BCUT2D eigenvalue weighted by atomic mass is 10.1. The first-order valence-electron chi connectivity index (χ1n) is 6.01. The number of ether oxygens (including phenoxy) is 1. The van der Waals surface area contributed by atoms with Crippen molar-refractivity contribution in [3.63, 3.8) is 0 Å². The van der Waals surface area contributed by atoms with Gasteiger partial charge in [-0.1, -0.05) is 15.9 Å². The maximum atomic E-state index is 11.8. The van der Waals surface area contributed by atoms with Crippen LogP contribution in [0.2, 0.25) is 0 Å². The average Bonchev–Trinajstić information content (AvgIpc) is 2.83. The molecule has 1 amide bonds. The van der Waals surface area contributed by atoms with Crippen LogP contribution < -0.4 is 5.32 Å². The van der Waals surface area contributed by atoms with Gasteiger partial charge in [-0.15, -0.1) is 0 Å². The van der Waals surface area contributed by atoms with Crippen molar-refractivity contribution in [1.82, 2.24) is 0 Å². The zero-order valence-electron chi connectivity index (χ0n) is 9.92. The van der Waals surface area contributed by atoms with E-state index in [0.717, 1.165) is 40.5 Å². The van der Waals surface area contributed by atoms with Crippen molar-refractivity contribution in [2.75, 3.05) is 11.9 Å². The highest BCUT2D eigenvalue weighted by atomic mass is 79.9. The Labute approximate surface area is 124 Å². The average molecular weight is 377 g/mol. The number of anilines is 1. The molecule has 0 aliphatic carbocycles. The summed E-state index contributed by atoms with van der Waals surface area (Å²) in [6.45, 7) is 0.838. The van der Waals surface area contributed by atoms with Crippen LogP contribution in [0, 0.1) is 0 Å². The van der Waals surface area contributed by atoms with Gasteiger partial charge in [0.15, 0.2) is 0 Å². The van der Waals surface area contributed by atoms with Crippen LogP contribution in [0.1, 0.15) is 25.7 Å². The molecule has 1 saturated heterocycles. The molecule has 1 fully saturated rings. The Balaban J connectivity index is 1.82. The highest BCUT2D eigenvalue weighted by Gasteiger charge is 2.16. The predicted octanol–water partition coefficient (Wildman–Crippen LogP) is 4.11. The number of hydrogen-bond acceptors (Lipinski definition) is 2. The summed E-state index contributed by atoms with van der Waals surface area (Å²) in [5.74, 6) is 0.0357. The maximum Gasteiger partial charge on any atom is 0.224 e. The summed E-state index contributed by atoms with van der Waals surface area (Å²) in [6.07, 6.45) is 3.77. The number of carbonyl (C=O) groups excluding carboxylic acids is 1. The molecule has 0 spiro atoms. The van der Waals surface area contributed by atoms with Gasteiger partial charge >= 0.3 is 0 Å². The molecule has 1 aromatic rings. The van der Waals surface area contributed by atoms with Crippen molar-refractivity contribution in [2.45, 2.75) is 31.8 Å². The summed E-state index contributed by atoms with van der Waals surface area (Å²) < 4.78 is 7.35. The number of halogens is 2. The summed E-state index contributed by atoms with van der Waals surface area (Å²) in [4.78, 5) is 11.8. The second-order valence-corrected chi connectivity index (χ2v) is 6.12. The van der Waals surface area contributed by atoms with Gasteiger partial charge in [0.2, 0.25) is 5.91 Å². The van der Waals surface area contributed by atoms with E-state index in [9.17, 15) is 4.79 Å². The predicted molar refractivity (Wildman–Crippen MR) is 78.7 cm³/mol. The fourth-order valence-corrected chi connectivity index (χ4v) is 3.11. The van der Waals surface area contributed by atoms with Crippen LogP contribution in [0.15, 0.2) is 27.1 Å². The molecule has 3 nitrogen and oxygen atoms in total. The van der Waals surface area contributed by atoms with Crippen LogP contribution in [0.5, 0.6) is 0 Å². The van der Waals surface area contributed by atoms with E-state index in [-0.39, 0.29) is 12.0 Å². The molecule has 1 N–H and O–H groups in total. The normalized spacial score (nSPS) is 18.9. The fraction of sp³-hybridized carbons (Fsp3) is 0.462. The number of hydrogen-bond donors (Lipinski definition) is 1. The molecule has 0 bridgehead atoms. The first-order chi connectivity index (χ1) is 8.65. The molecular formula is C13H15Br2NO2. The third-order valence-electron chi connectivity index (χ3n) is 2.92. The Morgan fingerprint density at radius 1 is 1.44 bits per heavy atom. The van der Waals surface area contributed by atoms with E-state index in [2.05, 4.69) is 37.2 Å². The Bertz CT molecular complexity index is 431. The van der Waals surface area contributed by atoms with Crippen molar-refractivity contribution in [3.8, 4) is 0 Å². The summed E-state index contributed by atoms with van der Waals surface area (Å²) in [5, 5.41) is 2.90. The molecule has 1 aromatic carbocycles. The molecule has 0 radical (unpaired) electrons. The second kappa shape index (κ2) is 6.68. The fourth-order valence-electron chi connectivity index (χ4n) is 1.97. The van der Waals surface area contributed by atoms with Gasteiger partial charge in [-0.25, -0.2) is 0 Å². The number of nitrogens with one attached hydrogen (secondary N) is 1. The SMILES string of the molecule is O=C(CC[C@H]1CCCO1)Nc1ccc(Br)cc1Br. The molecular weight excluding hydrogens is 362 g/mol. The molecule has 1 heterocycles. The van der Waals surface area contributed by atoms with Crippen LogP contribution >= 0.6 is 31.9 Å². The third-order valence-corrected chi connectivity index (χ3v) is 4.07. The minimum atomic E-state index is 0.0357. The van der Waals surface area contributed by atoms with Crippen LogP contribution in [-0.4, -0.2) is 18.6 Å². The van der Waals surface area contributed by atoms with Crippen molar-refractivity contribution in [3.05, 3.63) is 27.1 Å². The minimum absolute atomic E-state index is 0.0357. The van der Waals surface area contributed by atoms with E-state index in [0.29, 0.717) is 6.42 Å². The largest absolute Gasteiger partial charge is 0.378 e. The maximum absolute atomic E-state index is 11.8. The van der Waals surface area contributed by atoms with Crippen molar-refractivity contribution < 1.29 is 9.53 Å². The molecule has 0 unspecified atom stereocenters. The molecule has 0 aromatic heterocycles. The van der Waals surface area contributed by atoms with E-state index in [4.69, 9.17) is 4.74 Å². The van der Waals surface area contributed by atoms with Gasteiger partial charge in [0.1, 0.15) is 0 Å². The van der Waals surface area contributed by atoms with Crippen LogP contribution in [0.25, 0.3) is 0 Å². The summed E-state index contributed by atoms with van der Waals surface area (Å²) in [5.41, 5.74) is 0.801. The Morgan fingerprint density at radius 2 is 2.28 bits per heavy atom. The number of amides is 1. The summed E-state index contributed by atoms with van der Waals surface area (Å²) in [7, 11) is 0. The molecule has 2 rings (SSSR count). The molecule has 1 aliphatic rings. The van der Waals surface area contributed by atoms with E-state index < -0.39 is 0 Å². The quantitative estimate of drug-likeness (QED) is 0.858. The van der Waals surface area contributed by atoms with Gasteiger partial charge in [-0.2, -0.15) is 0 Å². The molecule has 1 atom stereocenters. The lowest BCUT2D eigenvalue weighted by Crippen LogP contribution is -2.15. The highest BCUT2D eigenvalue weighted by molar-refractivity contribution is 9.11. The zero-order chi connectivity index (χ0) is 13.0. The Kier molecular flexibility index (Phi) is 5.21. The van der Waals surface area contributed by atoms with Crippen molar-refractivity contribution >= 4 is 43.5 Å². The van der Waals surface area contributed by atoms with Crippen LogP contribution in [0.3, 0.4) is 0 Å². The lowest BCUT2D eigenvalue weighted by Gasteiger charge is -2.10. The van der Waals surface area contributed by atoms with Gasteiger partial charge in [0, 0.05) is 22.0 Å². The van der Waals surface area contributed by atoms with Gasteiger partial charge in [-0.05, 0) is 53.4 Å².